The van der Waals surface area contributed by atoms with Gasteiger partial charge in [0.15, 0.2) is 0 Å². The van der Waals surface area contributed by atoms with Crippen molar-refractivity contribution in [2.45, 2.75) is 46.0 Å². The van der Waals surface area contributed by atoms with E-state index in [1.807, 2.05) is 12.1 Å². The summed E-state index contributed by atoms with van der Waals surface area (Å²) in [6, 6.07) is 4.06. The molecule has 0 N–H and O–H groups in total. The second-order valence-electron chi connectivity index (χ2n) is 5.94. The van der Waals surface area contributed by atoms with Crippen molar-refractivity contribution in [3.05, 3.63) is 33.8 Å². The Labute approximate surface area is 154 Å². The van der Waals surface area contributed by atoms with Gasteiger partial charge < -0.3 is 9.47 Å². The summed E-state index contributed by atoms with van der Waals surface area (Å²) in [4.78, 5) is 0. The number of halogens is 3. The van der Waals surface area contributed by atoms with E-state index in [4.69, 9.17) is 44.3 Å². The van der Waals surface area contributed by atoms with Gasteiger partial charge >= 0.3 is 0 Å². The molecule has 0 saturated heterocycles. The molecule has 1 rings (SSSR count). The topological polar surface area (TPSA) is 18.5 Å². The van der Waals surface area contributed by atoms with Crippen molar-refractivity contribution in [3.63, 3.8) is 0 Å². The molecular formula is C18H25Cl3O2. The van der Waals surface area contributed by atoms with Crippen molar-refractivity contribution in [1.82, 2.24) is 0 Å². The van der Waals surface area contributed by atoms with Crippen molar-refractivity contribution in [3.8, 4) is 11.5 Å². The maximum absolute atomic E-state index is 6.03. The van der Waals surface area contributed by atoms with Crippen LogP contribution in [0.3, 0.4) is 0 Å². The molecule has 0 aromatic heterocycles. The third-order valence-electron chi connectivity index (χ3n) is 3.38. The third kappa shape index (κ3) is 6.82. The minimum absolute atomic E-state index is 0.208. The lowest BCUT2D eigenvalue weighted by Crippen LogP contribution is -2.07. The Morgan fingerprint density at radius 1 is 1.04 bits per heavy atom. The van der Waals surface area contributed by atoms with E-state index in [0.717, 1.165) is 29.0 Å². The van der Waals surface area contributed by atoms with Crippen LogP contribution in [0.2, 0.25) is 0 Å². The zero-order valence-electron chi connectivity index (χ0n) is 14.2. The molecule has 0 fully saturated rings. The van der Waals surface area contributed by atoms with Crippen LogP contribution in [0.5, 0.6) is 11.5 Å². The fourth-order valence-corrected chi connectivity index (χ4v) is 2.42. The zero-order chi connectivity index (χ0) is 17.4. The first-order valence-electron chi connectivity index (χ1n) is 7.87. The van der Waals surface area contributed by atoms with E-state index in [1.165, 1.54) is 0 Å². The highest BCUT2D eigenvalue weighted by Crippen LogP contribution is 2.38. The van der Waals surface area contributed by atoms with E-state index in [2.05, 4.69) is 27.7 Å². The minimum atomic E-state index is 0.208. The molecule has 0 unspecified atom stereocenters. The van der Waals surface area contributed by atoms with E-state index >= 15 is 0 Å². The molecule has 0 atom stereocenters. The predicted molar refractivity (Wildman–Crippen MR) is 101 cm³/mol. The third-order valence-corrected chi connectivity index (χ3v) is 3.95. The molecule has 0 radical (unpaired) electrons. The maximum atomic E-state index is 6.03. The van der Waals surface area contributed by atoms with Crippen molar-refractivity contribution in [1.29, 1.82) is 0 Å². The normalized spacial score (nSPS) is 11.0. The molecule has 0 amide bonds. The summed E-state index contributed by atoms with van der Waals surface area (Å²) in [6.45, 7) is 9.54. The quantitative estimate of drug-likeness (QED) is 0.353. The lowest BCUT2D eigenvalue weighted by atomic mass is 9.93. The molecule has 0 aliphatic carbocycles. The van der Waals surface area contributed by atoms with Gasteiger partial charge in [-0.3, -0.25) is 0 Å². The Morgan fingerprint density at radius 2 is 1.61 bits per heavy atom. The maximum Gasteiger partial charge on any atom is 0.126 e. The fraction of sp³-hybridized carbons (Fsp3) is 0.556. The van der Waals surface area contributed by atoms with Crippen molar-refractivity contribution in [2.75, 3.05) is 19.1 Å². The lowest BCUT2D eigenvalue weighted by Gasteiger charge is -2.21. The molecule has 0 heterocycles. The number of hydrogen-bond donors (Lipinski definition) is 0. The summed E-state index contributed by atoms with van der Waals surface area (Å²) < 4.78 is 12.0. The fourth-order valence-electron chi connectivity index (χ4n) is 2.18. The smallest absolute Gasteiger partial charge is 0.126 e. The highest BCUT2D eigenvalue weighted by atomic mass is 35.5. The van der Waals surface area contributed by atoms with Gasteiger partial charge in [-0.2, -0.15) is 0 Å². The van der Waals surface area contributed by atoms with Gasteiger partial charge in [0.25, 0.3) is 0 Å². The summed E-state index contributed by atoms with van der Waals surface area (Å²) in [5.74, 6) is 3.01. The number of alkyl halides is 1. The van der Waals surface area contributed by atoms with Gasteiger partial charge in [-0.1, -0.05) is 50.9 Å². The lowest BCUT2D eigenvalue weighted by molar-refractivity contribution is 0.307. The summed E-state index contributed by atoms with van der Waals surface area (Å²) in [6.07, 6.45) is 2.45. The average molecular weight is 380 g/mol. The molecule has 1 aromatic rings. The van der Waals surface area contributed by atoms with E-state index in [-0.39, 0.29) is 4.49 Å². The SMILES string of the molecule is CC(C)c1cc(OCC=C(Cl)Cl)cc(C(C)C)c1OCCCCl. The molecule has 0 saturated carbocycles. The monoisotopic (exact) mass is 378 g/mol. The second kappa shape index (κ2) is 10.3. The summed E-state index contributed by atoms with van der Waals surface area (Å²) >= 11 is 17.0. The van der Waals surface area contributed by atoms with Crippen LogP contribution < -0.4 is 9.47 Å². The Bertz CT molecular complexity index is 492. The largest absolute Gasteiger partial charge is 0.493 e. The van der Waals surface area contributed by atoms with Crippen LogP contribution in [0, 0.1) is 0 Å². The van der Waals surface area contributed by atoms with Gasteiger partial charge in [-0.05, 0) is 36.5 Å². The van der Waals surface area contributed by atoms with Gasteiger partial charge in [0.2, 0.25) is 0 Å². The second-order valence-corrected chi connectivity index (χ2v) is 7.32. The van der Waals surface area contributed by atoms with Crippen molar-refractivity contribution >= 4 is 34.8 Å². The highest BCUT2D eigenvalue weighted by Gasteiger charge is 2.18. The Morgan fingerprint density at radius 3 is 2.04 bits per heavy atom. The van der Waals surface area contributed by atoms with Crippen LogP contribution in [0.4, 0.5) is 0 Å². The van der Waals surface area contributed by atoms with Gasteiger partial charge in [0.1, 0.15) is 22.6 Å². The summed E-state index contributed by atoms with van der Waals surface area (Å²) in [7, 11) is 0. The summed E-state index contributed by atoms with van der Waals surface area (Å²) in [5.41, 5.74) is 2.28. The zero-order valence-corrected chi connectivity index (χ0v) is 16.4. The van der Waals surface area contributed by atoms with Gasteiger partial charge in [0.05, 0.1) is 6.61 Å². The van der Waals surface area contributed by atoms with Crippen LogP contribution in [-0.4, -0.2) is 19.1 Å². The standard InChI is InChI=1S/C18H25Cl3O2/c1-12(2)15-10-14(22-9-6-17(20)21)11-16(13(3)4)18(15)23-8-5-7-19/h6,10-13H,5,7-9H2,1-4H3. The molecule has 0 bridgehead atoms. The van der Waals surface area contributed by atoms with Gasteiger partial charge in [-0.25, -0.2) is 0 Å². The first-order chi connectivity index (χ1) is 10.9. The van der Waals surface area contributed by atoms with Crippen LogP contribution in [0.25, 0.3) is 0 Å². The minimum Gasteiger partial charge on any atom is -0.493 e. The molecule has 0 aliphatic rings. The molecule has 0 spiro atoms. The number of benzene rings is 1. The molecule has 0 aliphatic heterocycles. The molecule has 1 aromatic carbocycles. The molecule has 2 nitrogen and oxygen atoms in total. The van der Waals surface area contributed by atoms with Crippen LogP contribution >= 0.6 is 34.8 Å². The Kier molecular flexibility index (Phi) is 9.19. The highest BCUT2D eigenvalue weighted by molar-refractivity contribution is 6.55. The first kappa shape index (κ1) is 20.5. The van der Waals surface area contributed by atoms with E-state index in [0.29, 0.717) is 30.9 Å². The Hall–Kier alpha value is -0.570. The number of hydrogen-bond acceptors (Lipinski definition) is 2. The van der Waals surface area contributed by atoms with Crippen molar-refractivity contribution in [2.24, 2.45) is 0 Å². The van der Waals surface area contributed by atoms with Crippen LogP contribution in [0.15, 0.2) is 22.7 Å². The molecule has 23 heavy (non-hydrogen) atoms. The summed E-state index contributed by atoms with van der Waals surface area (Å²) in [5, 5.41) is 0. The van der Waals surface area contributed by atoms with E-state index in [9.17, 15) is 0 Å². The predicted octanol–water partition coefficient (Wildman–Crippen LogP) is 6.64. The molecular weight excluding hydrogens is 355 g/mol. The number of ether oxygens (including phenoxy) is 2. The van der Waals surface area contributed by atoms with Gasteiger partial charge in [0, 0.05) is 17.0 Å². The van der Waals surface area contributed by atoms with E-state index in [1.54, 1.807) is 6.08 Å². The first-order valence-corrected chi connectivity index (χ1v) is 9.16. The van der Waals surface area contributed by atoms with Gasteiger partial charge in [-0.15, -0.1) is 11.6 Å². The molecule has 5 heteroatoms. The van der Waals surface area contributed by atoms with Crippen molar-refractivity contribution < 1.29 is 9.47 Å². The van der Waals surface area contributed by atoms with E-state index < -0.39 is 0 Å². The average Bonchev–Trinajstić information content (AvgIpc) is 2.47. The van der Waals surface area contributed by atoms with Crippen LogP contribution in [0.1, 0.15) is 57.1 Å². The molecule has 130 valence electrons. The number of rotatable bonds is 9. The van der Waals surface area contributed by atoms with Crippen LogP contribution in [-0.2, 0) is 0 Å². The Balaban J connectivity index is 3.14.